The topological polar surface area (TPSA) is 90.3 Å². The molecule has 0 bridgehead atoms. The number of nitrogens with zero attached hydrogens (tertiary/aromatic N) is 2. The van der Waals surface area contributed by atoms with Gasteiger partial charge in [0.05, 0.1) is 12.8 Å². The Morgan fingerprint density at radius 3 is 2.23 bits per heavy atom. The zero-order chi connectivity index (χ0) is 21.6. The van der Waals surface area contributed by atoms with E-state index in [1.807, 2.05) is 6.07 Å². The number of ether oxygens (including phenoxy) is 1. The monoisotopic (exact) mass is 403 g/mol. The van der Waals surface area contributed by atoms with E-state index in [0.717, 1.165) is 0 Å². The Hall–Kier alpha value is -4.00. The SMILES string of the molecule is C=CC(Cc1cn(C(=O)c2ccccc2)cn1)(NC(=O)c1ccccc1)C(=O)OC. The molecule has 1 N–H and O–H groups in total. The van der Waals surface area contributed by atoms with Gasteiger partial charge in [-0.2, -0.15) is 0 Å². The molecule has 1 atom stereocenters. The highest BCUT2D eigenvalue weighted by atomic mass is 16.5. The van der Waals surface area contributed by atoms with Crippen LogP contribution < -0.4 is 5.32 Å². The van der Waals surface area contributed by atoms with Crippen LogP contribution in [0.1, 0.15) is 26.4 Å². The first-order valence-corrected chi connectivity index (χ1v) is 9.21. The lowest BCUT2D eigenvalue weighted by Crippen LogP contribution is -2.55. The predicted molar refractivity (Wildman–Crippen MR) is 111 cm³/mol. The average molecular weight is 403 g/mol. The van der Waals surface area contributed by atoms with E-state index in [9.17, 15) is 14.4 Å². The number of methoxy groups -OCH3 is 1. The van der Waals surface area contributed by atoms with Crippen molar-refractivity contribution in [2.24, 2.45) is 0 Å². The van der Waals surface area contributed by atoms with Crippen LogP contribution in [0, 0.1) is 0 Å². The zero-order valence-electron chi connectivity index (χ0n) is 16.4. The van der Waals surface area contributed by atoms with Gasteiger partial charge in [-0.15, -0.1) is 6.58 Å². The summed E-state index contributed by atoms with van der Waals surface area (Å²) in [5, 5.41) is 2.70. The molecule has 1 heterocycles. The third-order valence-electron chi connectivity index (χ3n) is 4.62. The highest BCUT2D eigenvalue weighted by Gasteiger charge is 2.39. The van der Waals surface area contributed by atoms with Gasteiger partial charge in [-0.05, 0) is 24.3 Å². The highest BCUT2D eigenvalue weighted by molar-refractivity contribution is 5.99. The Labute approximate surface area is 174 Å². The van der Waals surface area contributed by atoms with Crippen molar-refractivity contribution in [2.75, 3.05) is 7.11 Å². The van der Waals surface area contributed by atoms with Gasteiger partial charge in [-0.1, -0.05) is 42.5 Å². The van der Waals surface area contributed by atoms with Gasteiger partial charge in [0.25, 0.3) is 11.8 Å². The maximum Gasteiger partial charge on any atom is 0.336 e. The summed E-state index contributed by atoms with van der Waals surface area (Å²) < 4.78 is 6.24. The number of benzene rings is 2. The van der Waals surface area contributed by atoms with Crippen molar-refractivity contribution in [1.29, 1.82) is 0 Å². The van der Waals surface area contributed by atoms with Crippen molar-refractivity contribution in [3.05, 3.63) is 103 Å². The van der Waals surface area contributed by atoms with Crippen LogP contribution in [0.15, 0.2) is 85.8 Å². The lowest BCUT2D eigenvalue weighted by atomic mass is 9.93. The first-order valence-electron chi connectivity index (χ1n) is 9.21. The first kappa shape index (κ1) is 20.7. The van der Waals surface area contributed by atoms with Crippen molar-refractivity contribution in [2.45, 2.75) is 12.0 Å². The molecule has 1 aromatic heterocycles. The second-order valence-corrected chi connectivity index (χ2v) is 6.61. The number of carbonyl (C=O) groups excluding carboxylic acids is 3. The minimum absolute atomic E-state index is 0.0309. The zero-order valence-corrected chi connectivity index (χ0v) is 16.4. The van der Waals surface area contributed by atoms with Gasteiger partial charge in [-0.25, -0.2) is 9.78 Å². The number of hydrogen-bond acceptors (Lipinski definition) is 5. The van der Waals surface area contributed by atoms with E-state index in [2.05, 4.69) is 16.9 Å². The molecular formula is C23H21N3O4. The van der Waals surface area contributed by atoms with Crippen molar-refractivity contribution >= 4 is 17.8 Å². The van der Waals surface area contributed by atoms with Gasteiger partial charge >= 0.3 is 5.97 Å². The van der Waals surface area contributed by atoms with Gasteiger partial charge in [-0.3, -0.25) is 14.2 Å². The van der Waals surface area contributed by atoms with Crippen molar-refractivity contribution in [1.82, 2.24) is 14.9 Å². The van der Waals surface area contributed by atoms with Crippen LogP contribution in [-0.2, 0) is 16.0 Å². The summed E-state index contributed by atoms with van der Waals surface area (Å²) in [5.74, 6) is -1.41. The highest BCUT2D eigenvalue weighted by Crippen LogP contribution is 2.18. The lowest BCUT2D eigenvalue weighted by Gasteiger charge is -2.28. The van der Waals surface area contributed by atoms with Crippen LogP contribution in [0.2, 0.25) is 0 Å². The Morgan fingerprint density at radius 1 is 1.07 bits per heavy atom. The summed E-state index contributed by atoms with van der Waals surface area (Å²) in [7, 11) is 1.23. The van der Waals surface area contributed by atoms with E-state index < -0.39 is 17.4 Å². The molecule has 30 heavy (non-hydrogen) atoms. The normalized spacial score (nSPS) is 12.4. The van der Waals surface area contributed by atoms with Gasteiger partial charge in [0.1, 0.15) is 6.33 Å². The Bertz CT molecular complexity index is 1060. The Kier molecular flexibility index (Phi) is 6.22. The third kappa shape index (κ3) is 4.35. The van der Waals surface area contributed by atoms with E-state index in [-0.39, 0.29) is 12.3 Å². The maximum absolute atomic E-state index is 12.7. The lowest BCUT2D eigenvalue weighted by molar-refractivity contribution is -0.146. The van der Waals surface area contributed by atoms with Crippen molar-refractivity contribution < 1.29 is 19.1 Å². The molecular weight excluding hydrogens is 382 g/mol. The van der Waals surface area contributed by atoms with E-state index in [0.29, 0.717) is 16.8 Å². The van der Waals surface area contributed by atoms with Crippen LogP contribution in [0.4, 0.5) is 0 Å². The van der Waals surface area contributed by atoms with Gasteiger partial charge < -0.3 is 10.1 Å². The fourth-order valence-electron chi connectivity index (χ4n) is 3.00. The van der Waals surface area contributed by atoms with E-state index in [1.54, 1.807) is 54.6 Å². The maximum atomic E-state index is 12.7. The smallest absolute Gasteiger partial charge is 0.336 e. The number of esters is 1. The number of aromatic nitrogens is 2. The third-order valence-corrected chi connectivity index (χ3v) is 4.62. The molecule has 3 aromatic rings. The largest absolute Gasteiger partial charge is 0.467 e. The molecule has 0 radical (unpaired) electrons. The number of carbonyl (C=O) groups is 3. The molecule has 152 valence electrons. The van der Waals surface area contributed by atoms with Crippen LogP contribution >= 0.6 is 0 Å². The number of amides is 1. The molecule has 1 amide bonds. The molecule has 3 rings (SSSR count). The molecule has 0 saturated carbocycles. The molecule has 7 heteroatoms. The molecule has 0 saturated heterocycles. The Balaban J connectivity index is 1.86. The molecule has 0 spiro atoms. The Morgan fingerprint density at radius 2 is 1.67 bits per heavy atom. The average Bonchev–Trinajstić information content (AvgIpc) is 3.26. The number of imidazole rings is 1. The fraction of sp³-hybridized carbons (Fsp3) is 0.130. The number of hydrogen-bond donors (Lipinski definition) is 1. The fourth-order valence-corrected chi connectivity index (χ4v) is 3.00. The number of rotatable bonds is 7. The molecule has 2 aromatic carbocycles. The molecule has 1 unspecified atom stereocenters. The van der Waals surface area contributed by atoms with Gasteiger partial charge in [0, 0.05) is 23.7 Å². The minimum Gasteiger partial charge on any atom is -0.467 e. The summed E-state index contributed by atoms with van der Waals surface area (Å²) in [5.41, 5.74) is -0.242. The second-order valence-electron chi connectivity index (χ2n) is 6.61. The quantitative estimate of drug-likeness (QED) is 0.484. The summed E-state index contributed by atoms with van der Waals surface area (Å²) in [6, 6.07) is 17.2. The summed E-state index contributed by atoms with van der Waals surface area (Å²) in [4.78, 5) is 42.1. The van der Waals surface area contributed by atoms with E-state index in [1.165, 1.54) is 30.3 Å². The van der Waals surface area contributed by atoms with Crippen LogP contribution in [0.3, 0.4) is 0 Å². The molecule has 0 aliphatic heterocycles. The van der Waals surface area contributed by atoms with E-state index in [4.69, 9.17) is 4.74 Å². The van der Waals surface area contributed by atoms with Crippen LogP contribution in [0.25, 0.3) is 0 Å². The predicted octanol–water partition coefficient (Wildman–Crippen LogP) is 2.64. The van der Waals surface area contributed by atoms with Crippen LogP contribution in [0.5, 0.6) is 0 Å². The summed E-state index contributed by atoms with van der Waals surface area (Å²) >= 11 is 0. The first-order chi connectivity index (χ1) is 14.5. The van der Waals surface area contributed by atoms with E-state index >= 15 is 0 Å². The van der Waals surface area contributed by atoms with Crippen LogP contribution in [-0.4, -0.2) is 40.0 Å². The summed E-state index contributed by atoms with van der Waals surface area (Å²) in [6.45, 7) is 3.72. The molecule has 0 fully saturated rings. The standard InChI is InChI=1S/C23H21N3O4/c1-3-23(22(29)30-2,25-20(27)17-10-6-4-7-11-17)14-19-15-26(16-24-19)21(28)18-12-8-5-9-13-18/h3-13,15-16H,1,14H2,2H3,(H,25,27). The number of nitrogens with one attached hydrogen (secondary N) is 1. The van der Waals surface area contributed by atoms with Crippen molar-refractivity contribution in [3.63, 3.8) is 0 Å². The van der Waals surface area contributed by atoms with Gasteiger partial charge in [0.2, 0.25) is 0 Å². The summed E-state index contributed by atoms with van der Waals surface area (Å²) in [6.07, 6.45) is 4.18. The van der Waals surface area contributed by atoms with Gasteiger partial charge in [0.15, 0.2) is 5.54 Å². The minimum atomic E-state index is -1.54. The second kappa shape index (κ2) is 9.00. The molecule has 7 nitrogen and oxygen atoms in total. The molecule has 0 aliphatic rings. The van der Waals surface area contributed by atoms with Crippen molar-refractivity contribution in [3.8, 4) is 0 Å². The molecule has 0 aliphatic carbocycles.